The molecule has 2 N–H and O–H groups in total. The van der Waals surface area contributed by atoms with Crippen LogP contribution >= 0.6 is 24.2 Å². The Bertz CT molecular complexity index is 581. The molecule has 2 aliphatic heterocycles. The zero-order chi connectivity index (χ0) is 17.5. The molecule has 5 nitrogen and oxygen atoms in total. The van der Waals surface area contributed by atoms with Crippen molar-refractivity contribution in [3.8, 4) is 0 Å². The largest absolute Gasteiger partial charge is 0.352 e. The number of thioether (sulfide) groups is 1. The first kappa shape index (κ1) is 21.1. The number of hydrogen-bond donors (Lipinski definition) is 2. The average molecular weight is 398 g/mol. The molecule has 2 fully saturated rings. The fraction of sp³-hybridized carbons (Fsp3) is 0.579. The van der Waals surface area contributed by atoms with E-state index < -0.39 is 0 Å². The fourth-order valence-electron chi connectivity index (χ4n) is 3.48. The Labute approximate surface area is 166 Å². The van der Waals surface area contributed by atoms with Crippen molar-refractivity contribution >= 4 is 36.0 Å². The minimum Gasteiger partial charge on any atom is -0.352 e. The third kappa shape index (κ3) is 6.18. The monoisotopic (exact) mass is 397 g/mol. The molecule has 0 radical (unpaired) electrons. The predicted molar refractivity (Wildman–Crippen MR) is 109 cm³/mol. The van der Waals surface area contributed by atoms with Crippen molar-refractivity contribution in [2.75, 3.05) is 37.7 Å². The molecule has 26 heavy (non-hydrogen) atoms. The van der Waals surface area contributed by atoms with E-state index in [0.717, 1.165) is 44.0 Å². The topological polar surface area (TPSA) is 61.4 Å². The van der Waals surface area contributed by atoms with E-state index in [1.54, 1.807) is 0 Å². The van der Waals surface area contributed by atoms with E-state index in [1.165, 1.54) is 0 Å². The third-order valence-corrected chi connectivity index (χ3v) is 6.01. The van der Waals surface area contributed by atoms with Gasteiger partial charge in [-0.25, -0.2) is 0 Å². The molecule has 3 rings (SSSR count). The number of carbonyl (C=O) groups is 2. The number of amides is 2. The summed E-state index contributed by atoms with van der Waals surface area (Å²) in [5.74, 6) is 2.72. The first-order valence-corrected chi connectivity index (χ1v) is 10.3. The van der Waals surface area contributed by atoms with Crippen LogP contribution in [0.4, 0.5) is 0 Å². The van der Waals surface area contributed by atoms with Crippen LogP contribution in [-0.2, 0) is 4.79 Å². The Morgan fingerprint density at radius 2 is 2.08 bits per heavy atom. The van der Waals surface area contributed by atoms with Crippen LogP contribution in [0.15, 0.2) is 30.3 Å². The van der Waals surface area contributed by atoms with Crippen LogP contribution in [0.2, 0.25) is 0 Å². The minimum absolute atomic E-state index is 0. The number of nitrogens with one attached hydrogen (secondary N) is 2. The normalized spacial score (nSPS) is 23.0. The highest BCUT2D eigenvalue weighted by molar-refractivity contribution is 7.99. The van der Waals surface area contributed by atoms with E-state index in [9.17, 15) is 9.59 Å². The highest BCUT2D eigenvalue weighted by Crippen LogP contribution is 2.18. The van der Waals surface area contributed by atoms with Crippen molar-refractivity contribution in [2.45, 2.75) is 25.3 Å². The van der Waals surface area contributed by atoms with Gasteiger partial charge in [-0.1, -0.05) is 18.2 Å². The third-order valence-electron chi connectivity index (χ3n) is 4.88. The Hall–Kier alpha value is -1.24. The summed E-state index contributed by atoms with van der Waals surface area (Å²) in [5.41, 5.74) is 0.687. The molecule has 2 heterocycles. The Balaban J connectivity index is 0.00000243. The summed E-state index contributed by atoms with van der Waals surface area (Å²) in [4.78, 5) is 26.7. The van der Waals surface area contributed by atoms with Gasteiger partial charge in [-0.05, 0) is 30.9 Å². The molecular weight excluding hydrogens is 370 g/mol. The summed E-state index contributed by atoms with van der Waals surface area (Å²) in [6, 6.07) is 9.59. The fourth-order valence-corrected chi connectivity index (χ4v) is 4.43. The van der Waals surface area contributed by atoms with Crippen molar-refractivity contribution in [1.29, 1.82) is 0 Å². The Morgan fingerprint density at radius 3 is 2.81 bits per heavy atom. The van der Waals surface area contributed by atoms with E-state index in [2.05, 4.69) is 10.6 Å². The smallest absolute Gasteiger partial charge is 0.251 e. The number of halogens is 1. The van der Waals surface area contributed by atoms with E-state index in [0.29, 0.717) is 30.5 Å². The standard InChI is InChI=1S/C19H27N3O2S.ClH/c23-18(11-17-14-25-10-8-20-17)22-9-4-5-15(13-22)12-21-19(24)16-6-2-1-3-7-16;/h1-3,6-7,15,17,20H,4-5,8-14H2,(H,21,24);1H. The van der Waals surface area contributed by atoms with Gasteiger partial charge in [0.25, 0.3) is 5.91 Å². The lowest BCUT2D eigenvalue weighted by Crippen LogP contribution is -2.47. The van der Waals surface area contributed by atoms with Gasteiger partial charge < -0.3 is 15.5 Å². The molecule has 0 spiro atoms. The molecule has 7 heteroatoms. The number of likely N-dealkylation sites (tertiary alicyclic amines) is 1. The lowest BCUT2D eigenvalue weighted by molar-refractivity contribution is -0.133. The van der Waals surface area contributed by atoms with Gasteiger partial charge in [0.2, 0.25) is 5.91 Å². The molecule has 2 unspecified atom stereocenters. The zero-order valence-corrected chi connectivity index (χ0v) is 16.6. The zero-order valence-electron chi connectivity index (χ0n) is 15.0. The average Bonchev–Trinajstić information content (AvgIpc) is 2.68. The second-order valence-electron chi connectivity index (χ2n) is 6.85. The molecular formula is C19H28ClN3O2S. The van der Waals surface area contributed by atoms with Gasteiger partial charge >= 0.3 is 0 Å². The number of piperidine rings is 1. The van der Waals surface area contributed by atoms with Crippen LogP contribution < -0.4 is 10.6 Å². The van der Waals surface area contributed by atoms with E-state index in [1.807, 2.05) is 47.0 Å². The van der Waals surface area contributed by atoms with E-state index >= 15 is 0 Å². The lowest BCUT2D eigenvalue weighted by Gasteiger charge is -2.34. The lowest BCUT2D eigenvalue weighted by atomic mass is 9.97. The molecule has 0 saturated carbocycles. The minimum atomic E-state index is -0.0347. The van der Waals surface area contributed by atoms with Gasteiger partial charge in [-0.2, -0.15) is 11.8 Å². The summed E-state index contributed by atoms with van der Waals surface area (Å²) >= 11 is 1.92. The Kier molecular flexibility index (Phi) is 8.75. The molecule has 0 aliphatic carbocycles. The molecule has 2 amide bonds. The van der Waals surface area contributed by atoms with Gasteiger partial charge in [-0.3, -0.25) is 9.59 Å². The summed E-state index contributed by atoms with van der Waals surface area (Å²) in [6.45, 7) is 3.24. The van der Waals surface area contributed by atoms with Gasteiger partial charge in [0.1, 0.15) is 0 Å². The highest BCUT2D eigenvalue weighted by Gasteiger charge is 2.26. The van der Waals surface area contributed by atoms with Gasteiger partial charge in [0, 0.05) is 55.7 Å². The molecule has 2 aliphatic rings. The molecule has 0 bridgehead atoms. The van der Waals surface area contributed by atoms with E-state index in [4.69, 9.17) is 0 Å². The maximum atomic E-state index is 12.6. The molecule has 2 saturated heterocycles. The first-order chi connectivity index (χ1) is 12.2. The number of nitrogens with zero attached hydrogens (tertiary/aromatic N) is 1. The van der Waals surface area contributed by atoms with Crippen molar-refractivity contribution in [2.24, 2.45) is 5.92 Å². The van der Waals surface area contributed by atoms with E-state index in [-0.39, 0.29) is 24.2 Å². The Morgan fingerprint density at radius 1 is 1.27 bits per heavy atom. The van der Waals surface area contributed by atoms with Crippen LogP contribution in [0, 0.1) is 5.92 Å². The van der Waals surface area contributed by atoms with Gasteiger partial charge in [0.15, 0.2) is 0 Å². The summed E-state index contributed by atoms with van der Waals surface area (Å²) in [6.07, 6.45) is 2.68. The quantitative estimate of drug-likeness (QED) is 0.799. The number of carbonyl (C=O) groups excluding carboxylic acids is 2. The second kappa shape index (κ2) is 10.8. The van der Waals surface area contributed by atoms with Crippen molar-refractivity contribution < 1.29 is 9.59 Å². The number of rotatable bonds is 5. The van der Waals surface area contributed by atoms with Crippen LogP contribution in [0.1, 0.15) is 29.6 Å². The summed E-state index contributed by atoms with van der Waals surface area (Å²) < 4.78 is 0. The SMILES string of the molecule is Cl.O=C(NCC1CCCN(C(=O)CC2CSCCN2)C1)c1ccccc1. The first-order valence-electron chi connectivity index (χ1n) is 9.14. The maximum Gasteiger partial charge on any atom is 0.251 e. The van der Waals surface area contributed by atoms with Crippen LogP contribution in [0.5, 0.6) is 0 Å². The van der Waals surface area contributed by atoms with Crippen molar-refractivity contribution in [3.05, 3.63) is 35.9 Å². The van der Waals surface area contributed by atoms with Crippen LogP contribution in [0.3, 0.4) is 0 Å². The number of benzene rings is 1. The molecule has 1 aromatic rings. The highest BCUT2D eigenvalue weighted by atomic mass is 35.5. The van der Waals surface area contributed by atoms with Crippen molar-refractivity contribution in [1.82, 2.24) is 15.5 Å². The summed E-state index contributed by atoms with van der Waals surface area (Å²) in [5, 5.41) is 6.45. The molecule has 1 aromatic carbocycles. The van der Waals surface area contributed by atoms with Crippen LogP contribution in [0.25, 0.3) is 0 Å². The number of hydrogen-bond acceptors (Lipinski definition) is 4. The predicted octanol–water partition coefficient (Wildman–Crippen LogP) is 2.17. The molecule has 144 valence electrons. The molecule has 2 atom stereocenters. The molecule has 0 aromatic heterocycles. The van der Waals surface area contributed by atoms with Crippen LogP contribution in [-0.4, -0.2) is 60.4 Å². The summed E-state index contributed by atoms with van der Waals surface area (Å²) in [7, 11) is 0. The van der Waals surface area contributed by atoms with Gasteiger partial charge in [-0.15, -0.1) is 12.4 Å². The van der Waals surface area contributed by atoms with Crippen molar-refractivity contribution in [3.63, 3.8) is 0 Å². The second-order valence-corrected chi connectivity index (χ2v) is 8.00. The van der Waals surface area contributed by atoms with Gasteiger partial charge in [0.05, 0.1) is 0 Å². The maximum absolute atomic E-state index is 12.6.